The van der Waals surface area contributed by atoms with Crippen LogP contribution < -0.4 is 21.1 Å². The predicted molar refractivity (Wildman–Crippen MR) is 176 cm³/mol. The Morgan fingerprint density at radius 2 is 1.78 bits per heavy atom. The summed E-state index contributed by atoms with van der Waals surface area (Å²) in [5.41, 5.74) is 10.6. The highest BCUT2D eigenvalue weighted by molar-refractivity contribution is 6.04. The summed E-state index contributed by atoms with van der Waals surface area (Å²) in [4.78, 5) is 41.2. The highest BCUT2D eigenvalue weighted by Gasteiger charge is 2.38. The van der Waals surface area contributed by atoms with Crippen LogP contribution in [0.4, 0.5) is 4.53 Å². The maximum Gasteiger partial charge on any atom is 0.336 e. The number of nitrogens with zero attached hydrogens (tertiary/aromatic N) is 2. The number of halogens is 1. The molecular formula is C34H42FN5O5. The van der Waals surface area contributed by atoms with Crippen LogP contribution in [0.1, 0.15) is 42.6 Å². The number of aldehydes is 1. The van der Waals surface area contributed by atoms with Gasteiger partial charge in [-0.05, 0) is 62.8 Å². The average molecular weight is 620 g/mol. The number of hydrazine groups is 1. The Morgan fingerprint density at radius 1 is 1.13 bits per heavy atom. The first kappa shape index (κ1) is 37.7. The fourth-order valence-corrected chi connectivity index (χ4v) is 4.44. The standard InChI is InChI=1S/C26H35N5O2.C7H5FO2.CH2O/c1-8-14-20(15-9-2)31(7)25-23(24(27-5)30-28-6)22(19-16-12-11-13-17-19)21(18(4)29-25)26(32)33-10-3;8-10-7-3-1-6(5-9)2-4-7;1-2/h8-9,11-17,22,28-29H,1,10H2,2-7H3,(H,27,30);1-5H;1H2/b15-9-,20-14+;;. The number of likely N-dealkylation sites (N-methyl/N-ethyl adjacent to an activating group) is 1. The number of benzene rings is 2. The summed E-state index contributed by atoms with van der Waals surface area (Å²) in [5, 5.41) is 3.45. The van der Waals surface area contributed by atoms with Gasteiger partial charge in [-0.25, -0.2) is 10.2 Å². The van der Waals surface area contributed by atoms with Gasteiger partial charge in [-0.2, -0.15) is 0 Å². The second kappa shape index (κ2) is 20.6. The summed E-state index contributed by atoms with van der Waals surface area (Å²) in [6.45, 7) is 11.8. The molecule has 0 fully saturated rings. The second-order valence-electron chi connectivity index (χ2n) is 9.09. The van der Waals surface area contributed by atoms with Gasteiger partial charge in [0.05, 0.1) is 18.1 Å². The fourth-order valence-electron chi connectivity index (χ4n) is 4.44. The van der Waals surface area contributed by atoms with Crippen molar-refractivity contribution in [3.8, 4) is 5.75 Å². The van der Waals surface area contributed by atoms with Gasteiger partial charge in [-0.3, -0.25) is 14.7 Å². The first-order valence-corrected chi connectivity index (χ1v) is 14.0. The molecule has 0 radical (unpaired) electrons. The van der Waals surface area contributed by atoms with Gasteiger partial charge in [0.2, 0.25) is 0 Å². The zero-order valence-electron chi connectivity index (χ0n) is 26.6. The lowest BCUT2D eigenvalue weighted by Gasteiger charge is -2.37. The zero-order valence-corrected chi connectivity index (χ0v) is 26.6. The topological polar surface area (TPSA) is 121 Å². The third-order valence-corrected chi connectivity index (χ3v) is 6.35. The fraction of sp³-hybridized carbons (Fsp3) is 0.235. The smallest absolute Gasteiger partial charge is 0.336 e. The van der Waals surface area contributed by atoms with E-state index in [4.69, 9.17) is 9.53 Å². The van der Waals surface area contributed by atoms with E-state index in [1.165, 1.54) is 24.3 Å². The van der Waals surface area contributed by atoms with Crippen LogP contribution in [0.3, 0.4) is 0 Å². The molecular weight excluding hydrogens is 577 g/mol. The molecule has 45 heavy (non-hydrogen) atoms. The Hall–Kier alpha value is -5.29. The highest BCUT2D eigenvalue weighted by atomic mass is 19.3. The van der Waals surface area contributed by atoms with Crippen LogP contribution in [0, 0.1) is 0 Å². The van der Waals surface area contributed by atoms with Crippen LogP contribution in [0.25, 0.3) is 0 Å². The number of allylic oxidation sites excluding steroid dienone is 5. The number of amidine groups is 1. The number of hydrogen-bond acceptors (Lipinski definition) is 9. The molecule has 10 nitrogen and oxygen atoms in total. The lowest BCUT2D eigenvalue weighted by atomic mass is 9.80. The number of carbonyl (C=O) groups is 3. The Morgan fingerprint density at radius 3 is 2.27 bits per heavy atom. The maximum atomic E-state index is 13.2. The third kappa shape index (κ3) is 10.4. The minimum absolute atomic E-state index is 0.102. The molecule has 2 aromatic carbocycles. The number of dihydropyridines is 1. The van der Waals surface area contributed by atoms with Crippen molar-refractivity contribution in [2.24, 2.45) is 4.99 Å². The zero-order chi connectivity index (χ0) is 33.8. The molecule has 0 aromatic heterocycles. The van der Waals surface area contributed by atoms with Crippen molar-refractivity contribution >= 4 is 24.9 Å². The molecule has 1 heterocycles. The average Bonchev–Trinajstić information content (AvgIpc) is 3.08. The summed E-state index contributed by atoms with van der Waals surface area (Å²) in [7, 11) is 5.46. The number of rotatable bonds is 11. The van der Waals surface area contributed by atoms with Crippen molar-refractivity contribution in [3.05, 3.63) is 125 Å². The van der Waals surface area contributed by atoms with Gasteiger partial charge in [-0.15, -0.1) is 0 Å². The minimum Gasteiger partial charge on any atom is -0.463 e. The van der Waals surface area contributed by atoms with E-state index in [0.717, 1.165) is 28.4 Å². The van der Waals surface area contributed by atoms with E-state index < -0.39 is 5.92 Å². The molecule has 1 unspecified atom stereocenters. The largest absolute Gasteiger partial charge is 0.463 e. The molecule has 0 bridgehead atoms. The first-order chi connectivity index (χ1) is 21.8. The van der Waals surface area contributed by atoms with E-state index in [1.54, 1.807) is 20.2 Å². The number of carbonyl (C=O) groups excluding carboxylic acids is 3. The normalized spacial score (nSPS) is 14.7. The van der Waals surface area contributed by atoms with Crippen molar-refractivity contribution in [1.82, 2.24) is 21.1 Å². The molecule has 240 valence electrons. The third-order valence-electron chi connectivity index (χ3n) is 6.35. The minimum atomic E-state index is -0.404. The molecule has 1 aliphatic rings. The van der Waals surface area contributed by atoms with Gasteiger partial charge in [0.1, 0.15) is 24.7 Å². The Balaban J connectivity index is 0.000000707. The highest BCUT2D eigenvalue weighted by Crippen LogP contribution is 2.40. The number of ether oxygens (including phenoxy) is 1. The van der Waals surface area contributed by atoms with Crippen LogP contribution in [0.15, 0.2) is 119 Å². The van der Waals surface area contributed by atoms with E-state index >= 15 is 0 Å². The van der Waals surface area contributed by atoms with E-state index in [-0.39, 0.29) is 11.7 Å². The summed E-state index contributed by atoms with van der Waals surface area (Å²) in [6, 6.07) is 15.6. The number of nitrogens with one attached hydrogen (secondary N) is 3. The lowest BCUT2D eigenvalue weighted by Crippen LogP contribution is -2.44. The molecule has 2 aromatic rings. The van der Waals surface area contributed by atoms with Gasteiger partial charge in [0.25, 0.3) is 0 Å². The number of esters is 1. The number of aliphatic imine (C=N–C) groups is 1. The molecule has 3 N–H and O–H groups in total. The summed E-state index contributed by atoms with van der Waals surface area (Å²) < 4.78 is 16.8. The van der Waals surface area contributed by atoms with E-state index in [0.29, 0.717) is 29.9 Å². The van der Waals surface area contributed by atoms with Crippen LogP contribution in [-0.2, 0) is 14.3 Å². The Kier molecular flexibility index (Phi) is 17.3. The molecule has 11 heteroatoms. The molecule has 0 saturated heterocycles. The number of hydrogen-bond donors (Lipinski definition) is 3. The van der Waals surface area contributed by atoms with Gasteiger partial charge in [0, 0.05) is 48.2 Å². The second-order valence-corrected chi connectivity index (χ2v) is 9.09. The molecule has 0 spiro atoms. The van der Waals surface area contributed by atoms with E-state index in [1.807, 2.05) is 88.1 Å². The van der Waals surface area contributed by atoms with E-state index in [9.17, 15) is 14.1 Å². The Labute approximate surface area is 264 Å². The lowest BCUT2D eigenvalue weighted by molar-refractivity contribution is -0.138. The summed E-state index contributed by atoms with van der Waals surface area (Å²) in [6.07, 6.45) is 8.33. The van der Waals surface area contributed by atoms with Crippen molar-refractivity contribution in [2.45, 2.75) is 26.7 Å². The molecule has 0 amide bonds. The summed E-state index contributed by atoms with van der Waals surface area (Å²) >= 11 is 0. The summed E-state index contributed by atoms with van der Waals surface area (Å²) in [5.74, 6) is 0.743. The Bertz CT molecular complexity index is 1420. The van der Waals surface area contributed by atoms with E-state index in [2.05, 4.69) is 32.7 Å². The van der Waals surface area contributed by atoms with Gasteiger partial charge >= 0.3 is 5.97 Å². The molecule has 1 aliphatic heterocycles. The van der Waals surface area contributed by atoms with Crippen molar-refractivity contribution in [2.75, 3.05) is 27.7 Å². The van der Waals surface area contributed by atoms with Crippen molar-refractivity contribution in [3.63, 3.8) is 0 Å². The quantitative estimate of drug-likeness (QED) is 0.0765. The first-order valence-electron chi connectivity index (χ1n) is 14.0. The molecule has 0 saturated carbocycles. The maximum absolute atomic E-state index is 13.2. The van der Waals surface area contributed by atoms with Gasteiger partial charge in [0.15, 0.2) is 5.75 Å². The van der Waals surface area contributed by atoms with Crippen LogP contribution in [-0.4, -0.2) is 57.5 Å². The van der Waals surface area contributed by atoms with Crippen molar-refractivity contribution < 1.29 is 28.6 Å². The monoisotopic (exact) mass is 619 g/mol. The van der Waals surface area contributed by atoms with Crippen LogP contribution in [0.2, 0.25) is 0 Å². The van der Waals surface area contributed by atoms with Crippen LogP contribution >= 0.6 is 0 Å². The predicted octanol–water partition coefficient (Wildman–Crippen LogP) is 5.33. The van der Waals surface area contributed by atoms with Crippen LogP contribution in [0.5, 0.6) is 5.75 Å². The molecule has 0 aliphatic carbocycles. The molecule has 3 rings (SSSR count). The SMILES string of the molecule is C=C/C=C(\C=C/C)N(C)C1=C(C(=NC)NNC)C(c2ccccc2)C(C(=O)OCC)=C(C)N1.C=O.O=Cc1ccc(OF)cc1. The van der Waals surface area contributed by atoms with Crippen molar-refractivity contribution in [1.29, 1.82) is 0 Å². The van der Waals surface area contributed by atoms with Gasteiger partial charge < -0.3 is 25.2 Å². The van der Waals surface area contributed by atoms with Gasteiger partial charge in [-0.1, -0.05) is 49.1 Å². The molecule has 1 atom stereocenters.